The first-order valence-corrected chi connectivity index (χ1v) is 4.92. The largest absolute Gasteiger partial charge is 0.496 e. The Hall–Kier alpha value is -1.10. The van der Waals surface area contributed by atoms with Gasteiger partial charge in [-0.15, -0.1) is 0 Å². The van der Waals surface area contributed by atoms with Crippen molar-refractivity contribution in [2.45, 2.75) is 20.0 Å². The Morgan fingerprint density at radius 2 is 2.00 bits per heavy atom. The Balaban J connectivity index is 3.24. The maximum atomic E-state index is 5.48. The molecule has 0 amide bonds. The highest BCUT2D eigenvalue weighted by Gasteiger charge is 2.15. The van der Waals surface area contributed by atoms with Gasteiger partial charge in [0.25, 0.3) is 0 Å². The van der Waals surface area contributed by atoms with Crippen LogP contribution in [0.25, 0.3) is 0 Å². The Morgan fingerprint density at radius 1 is 1.33 bits per heavy atom. The number of rotatable bonds is 4. The van der Waals surface area contributed by atoms with Crippen molar-refractivity contribution in [2.24, 2.45) is 5.84 Å². The minimum atomic E-state index is -0.0967. The van der Waals surface area contributed by atoms with Crippen LogP contribution in [-0.2, 0) is 0 Å². The molecule has 1 aromatic rings. The van der Waals surface area contributed by atoms with Gasteiger partial charge in [0.05, 0.1) is 13.3 Å². The first kappa shape index (κ1) is 12.0. The van der Waals surface area contributed by atoms with E-state index in [1.165, 1.54) is 5.56 Å². The van der Waals surface area contributed by atoms with Crippen LogP contribution in [0.3, 0.4) is 0 Å². The van der Waals surface area contributed by atoms with Gasteiger partial charge in [0.15, 0.2) is 0 Å². The smallest absolute Gasteiger partial charge is 0.125 e. The van der Waals surface area contributed by atoms with Crippen LogP contribution in [0.4, 0.5) is 0 Å². The van der Waals surface area contributed by atoms with Crippen LogP contribution in [-0.4, -0.2) is 14.2 Å². The fourth-order valence-corrected chi connectivity index (χ4v) is 1.79. The fraction of sp³-hybridized carbons (Fsp3) is 0.455. The van der Waals surface area contributed by atoms with Gasteiger partial charge in [-0.2, -0.15) is 0 Å². The number of aryl methyl sites for hydroxylation is 2. The summed E-state index contributed by atoms with van der Waals surface area (Å²) in [5.74, 6) is 6.33. The van der Waals surface area contributed by atoms with Crippen LogP contribution in [0.1, 0.15) is 22.9 Å². The highest BCUT2D eigenvalue weighted by atomic mass is 16.5. The van der Waals surface area contributed by atoms with Crippen LogP contribution >= 0.6 is 0 Å². The van der Waals surface area contributed by atoms with Gasteiger partial charge >= 0.3 is 0 Å². The standard InChI is InChI=1S/C11H19N3O/c1-7-5-8(2)10(9(6-7)15-4)11(13-3)14-12/h5-6,11,13-14H,12H2,1-4H3. The van der Waals surface area contributed by atoms with Gasteiger partial charge in [-0.05, 0) is 38.1 Å². The summed E-state index contributed by atoms with van der Waals surface area (Å²) in [5.41, 5.74) is 6.10. The topological polar surface area (TPSA) is 59.3 Å². The summed E-state index contributed by atoms with van der Waals surface area (Å²) in [6, 6.07) is 4.11. The van der Waals surface area contributed by atoms with E-state index in [1.807, 2.05) is 27.0 Å². The average Bonchev–Trinajstić information content (AvgIpc) is 2.21. The molecular weight excluding hydrogens is 190 g/mol. The molecule has 1 aromatic carbocycles. The molecule has 0 saturated carbocycles. The first-order chi connectivity index (χ1) is 7.13. The molecule has 4 heteroatoms. The molecular formula is C11H19N3O. The zero-order chi connectivity index (χ0) is 11.4. The minimum absolute atomic E-state index is 0.0967. The molecule has 84 valence electrons. The second kappa shape index (κ2) is 5.11. The lowest BCUT2D eigenvalue weighted by molar-refractivity contribution is 0.390. The van der Waals surface area contributed by atoms with E-state index >= 15 is 0 Å². The monoisotopic (exact) mass is 209 g/mol. The summed E-state index contributed by atoms with van der Waals surface area (Å²) < 4.78 is 5.36. The van der Waals surface area contributed by atoms with Crippen molar-refractivity contribution in [2.75, 3.05) is 14.2 Å². The summed E-state index contributed by atoms with van der Waals surface area (Å²) in [5, 5.41) is 3.09. The molecule has 1 atom stereocenters. The van der Waals surface area contributed by atoms with Gasteiger partial charge in [-0.3, -0.25) is 5.84 Å². The molecule has 0 aromatic heterocycles. The Morgan fingerprint density at radius 3 is 2.47 bits per heavy atom. The lowest BCUT2D eigenvalue weighted by Crippen LogP contribution is -2.37. The number of benzene rings is 1. The van der Waals surface area contributed by atoms with Crippen molar-refractivity contribution >= 4 is 0 Å². The second-order valence-electron chi connectivity index (χ2n) is 3.59. The highest BCUT2D eigenvalue weighted by molar-refractivity contribution is 5.44. The average molecular weight is 209 g/mol. The third kappa shape index (κ3) is 2.47. The van der Waals surface area contributed by atoms with Crippen LogP contribution in [0.2, 0.25) is 0 Å². The Kier molecular flexibility index (Phi) is 4.08. The zero-order valence-electron chi connectivity index (χ0n) is 9.72. The van der Waals surface area contributed by atoms with Gasteiger partial charge in [0.2, 0.25) is 0 Å². The SMILES string of the molecule is CNC(NN)c1c(C)cc(C)cc1OC. The van der Waals surface area contributed by atoms with Crippen LogP contribution in [0, 0.1) is 13.8 Å². The second-order valence-corrected chi connectivity index (χ2v) is 3.59. The van der Waals surface area contributed by atoms with Crippen LogP contribution in [0.15, 0.2) is 12.1 Å². The van der Waals surface area contributed by atoms with E-state index in [1.54, 1.807) is 7.11 Å². The Labute approximate surface area is 90.8 Å². The summed E-state index contributed by atoms with van der Waals surface area (Å²) >= 11 is 0. The number of hydrazine groups is 1. The molecule has 0 aliphatic carbocycles. The number of nitrogens with one attached hydrogen (secondary N) is 2. The molecule has 15 heavy (non-hydrogen) atoms. The fourth-order valence-electron chi connectivity index (χ4n) is 1.79. The molecule has 0 aliphatic rings. The van der Waals surface area contributed by atoms with E-state index in [0.29, 0.717) is 0 Å². The molecule has 1 rings (SSSR count). The molecule has 0 saturated heterocycles. The van der Waals surface area contributed by atoms with E-state index in [2.05, 4.69) is 16.8 Å². The van der Waals surface area contributed by atoms with E-state index in [-0.39, 0.29) is 6.17 Å². The highest BCUT2D eigenvalue weighted by Crippen LogP contribution is 2.28. The maximum absolute atomic E-state index is 5.48. The minimum Gasteiger partial charge on any atom is -0.496 e. The van der Waals surface area contributed by atoms with Crippen molar-refractivity contribution in [3.8, 4) is 5.75 Å². The van der Waals surface area contributed by atoms with Gasteiger partial charge in [0.1, 0.15) is 5.75 Å². The predicted octanol–water partition coefficient (Wildman–Crippen LogP) is 0.993. The van der Waals surface area contributed by atoms with Crippen molar-refractivity contribution in [1.82, 2.24) is 10.7 Å². The van der Waals surface area contributed by atoms with Crippen molar-refractivity contribution in [3.63, 3.8) is 0 Å². The van der Waals surface area contributed by atoms with Gasteiger partial charge in [-0.1, -0.05) is 6.07 Å². The molecule has 0 fully saturated rings. The molecule has 0 aliphatic heterocycles. The molecule has 1 unspecified atom stereocenters. The van der Waals surface area contributed by atoms with Crippen LogP contribution < -0.4 is 21.3 Å². The molecule has 4 nitrogen and oxygen atoms in total. The third-order valence-electron chi connectivity index (χ3n) is 2.46. The molecule has 0 bridgehead atoms. The number of hydrogen-bond acceptors (Lipinski definition) is 4. The lowest BCUT2D eigenvalue weighted by Gasteiger charge is -2.21. The predicted molar refractivity (Wildman–Crippen MR) is 61.6 cm³/mol. The van der Waals surface area contributed by atoms with E-state index in [0.717, 1.165) is 16.9 Å². The summed E-state index contributed by atoms with van der Waals surface area (Å²) in [7, 11) is 3.52. The number of hydrogen-bond donors (Lipinski definition) is 3. The first-order valence-electron chi connectivity index (χ1n) is 4.92. The normalized spacial score (nSPS) is 12.6. The van der Waals surface area contributed by atoms with Crippen molar-refractivity contribution < 1.29 is 4.74 Å². The summed E-state index contributed by atoms with van der Waals surface area (Å²) in [6.07, 6.45) is -0.0967. The summed E-state index contributed by atoms with van der Waals surface area (Å²) in [4.78, 5) is 0. The van der Waals surface area contributed by atoms with Crippen molar-refractivity contribution in [3.05, 3.63) is 28.8 Å². The van der Waals surface area contributed by atoms with Gasteiger partial charge in [0, 0.05) is 5.56 Å². The summed E-state index contributed by atoms with van der Waals surface area (Å²) in [6.45, 7) is 4.09. The quantitative estimate of drug-likeness (QED) is 0.393. The number of methoxy groups -OCH3 is 1. The Bertz CT molecular complexity index is 335. The maximum Gasteiger partial charge on any atom is 0.125 e. The third-order valence-corrected chi connectivity index (χ3v) is 2.46. The zero-order valence-corrected chi connectivity index (χ0v) is 9.72. The molecule has 0 radical (unpaired) electrons. The lowest BCUT2D eigenvalue weighted by atomic mass is 10.0. The van der Waals surface area contributed by atoms with E-state index < -0.39 is 0 Å². The van der Waals surface area contributed by atoms with Gasteiger partial charge < -0.3 is 10.1 Å². The number of nitrogens with two attached hydrogens (primary N) is 1. The molecule has 0 heterocycles. The number of ether oxygens (including phenoxy) is 1. The van der Waals surface area contributed by atoms with E-state index in [9.17, 15) is 0 Å². The molecule has 0 spiro atoms. The van der Waals surface area contributed by atoms with Crippen molar-refractivity contribution in [1.29, 1.82) is 0 Å². The molecule has 4 N–H and O–H groups in total. The van der Waals surface area contributed by atoms with Gasteiger partial charge in [-0.25, -0.2) is 5.43 Å². The van der Waals surface area contributed by atoms with E-state index in [4.69, 9.17) is 10.6 Å². The van der Waals surface area contributed by atoms with Crippen LogP contribution in [0.5, 0.6) is 5.75 Å².